The van der Waals surface area contributed by atoms with Gasteiger partial charge >= 0.3 is 0 Å². The van der Waals surface area contributed by atoms with E-state index in [4.69, 9.17) is 5.11 Å². The molecule has 62 valence electrons. The Labute approximate surface area is 73.0 Å². The minimum atomic E-state index is -0.150. The second kappa shape index (κ2) is 5.10. The minimum absolute atomic E-state index is 0. The molecule has 0 radical (unpaired) electrons. The van der Waals surface area contributed by atoms with Gasteiger partial charge < -0.3 is 10.0 Å². The van der Waals surface area contributed by atoms with E-state index in [1.54, 1.807) is 0 Å². The summed E-state index contributed by atoms with van der Waals surface area (Å²) in [5.74, 6) is 0. The molecule has 1 aliphatic rings. The maximum atomic E-state index is 8.97. The van der Waals surface area contributed by atoms with Gasteiger partial charge in [0.15, 0.2) is 0 Å². The number of aliphatic hydroxyl groups is 1. The number of nitrogens with zero attached hydrogens (tertiary/aromatic N) is 1. The van der Waals surface area contributed by atoms with Gasteiger partial charge in [-0.25, -0.2) is 0 Å². The van der Waals surface area contributed by atoms with Gasteiger partial charge in [0.05, 0.1) is 6.10 Å². The molecule has 0 saturated carbocycles. The Bertz CT molecular complexity index is 81.7. The Kier molecular flexibility index (Phi) is 5.31. The summed E-state index contributed by atoms with van der Waals surface area (Å²) in [6.45, 7) is 5.08. The maximum absolute atomic E-state index is 8.97. The second-order valence-electron chi connectivity index (χ2n) is 2.86. The first-order valence-corrected chi connectivity index (χ1v) is 3.69. The van der Waals surface area contributed by atoms with Crippen LogP contribution in [0.1, 0.15) is 19.8 Å². The van der Waals surface area contributed by atoms with Gasteiger partial charge in [-0.1, -0.05) is 0 Å². The predicted octanol–water partition coefficient (Wildman–Crippen LogP) is 1.04. The number of hydrogen-bond donors (Lipinski definition) is 1. The molecular weight excluding hydrogens is 194 g/mol. The molecule has 1 saturated heterocycles. The van der Waals surface area contributed by atoms with Crippen LogP contribution in [0.3, 0.4) is 0 Å². The fourth-order valence-corrected chi connectivity index (χ4v) is 1.34. The topological polar surface area (TPSA) is 23.5 Å². The Morgan fingerprint density at radius 2 is 1.90 bits per heavy atom. The first kappa shape index (κ1) is 10.4. The smallest absolute Gasteiger partial charge is 0.0639 e. The van der Waals surface area contributed by atoms with Crippen molar-refractivity contribution < 1.29 is 5.11 Å². The highest BCUT2D eigenvalue weighted by atomic mass is 79.9. The third-order valence-electron chi connectivity index (χ3n) is 1.72. The lowest BCUT2D eigenvalue weighted by atomic mass is 10.4. The standard InChI is InChI=1S/C7H15NO.BrH/c1-7(9)6-8-4-2-3-5-8;/h7,9H,2-6H2,1H3;1H. The number of hydrogen-bond acceptors (Lipinski definition) is 2. The van der Waals surface area contributed by atoms with Crippen molar-refractivity contribution in [3.63, 3.8) is 0 Å². The summed E-state index contributed by atoms with van der Waals surface area (Å²) in [4.78, 5) is 2.31. The molecule has 1 heterocycles. The minimum Gasteiger partial charge on any atom is -0.392 e. The van der Waals surface area contributed by atoms with Crippen molar-refractivity contribution in [1.82, 2.24) is 4.90 Å². The van der Waals surface area contributed by atoms with Crippen LogP contribution in [0.4, 0.5) is 0 Å². The summed E-state index contributed by atoms with van der Waals surface area (Å²) < 4.78 is 0. The molecular formula is C7H16BrNO. The van der Waals surface area contributed by atoms with E-state index in [1.807, 2.05) is 6.92 Å². The zero-order valence-electron chi connectivity index (χ0n) is 6.42. The van der Waals surface area contributed by atoms with Crippen LogP contribution >= 0.6 is 17.0 Å². The number of halogens is 1. The summed E-state index contributed by atoms with van der Waals surface area (Å²) in [5, 5.41) is 8.97. The Balaban J connectivity index is 0.000000810. The van der Waals surface area contributed by atoms with E-state index < -0.39 is 0 Å². The monoisotopic (exact) mass is 209 g/mol. The van der Waals surface area contributed by atoms with Crippen molar-refractivity contribution in [2.24, 2.45) is 0 Å². The molecule has 1 unspecified atom stereocenters. The van der Waals surface area contributed by atoms with Crippen LogP contribution < -0.4 is 0 Å². The fraction of sp³-hybridized carbons (Fsp3) is 1.00. The number of β-amino-alcohol motifs (C(OH)–C–C–N with tert-alkyl or cyclic N) is 1. The summed E-state index contributed by atoms with van der Waals surface area (Å²) in [7, 11) is 0. The van der Waals surface area contributed by atoms with Crippen molar-refractivity contribution in [2.75, 3.05) is 19.6 Å². The normalized spacial score (nSPS) is 22.2. The molecule has 0 aromatic heterocycles. The maximum Gasteiger partial charge on any atom is 0.0639 e. The van der Waals surface area contributed by atoms with E-state index in [1.165, 1.54) is 25.9 Å². The highest BCUT2D eigenvalue weighted by molar-refractivity contribution is 8.93. The van der Waals surface area contributed by atoms with E-state index in [0.717, 1.165) is 6.54 Å². The SMILES string of the molecule is Br.CC(O)CN1CCCC1. The molecule has 1 aliphatic heterocycles. The van der Waals surface area contributed by atoms with Gasteiger partial charge in [-0.3, -0.25) is 0 Å². The van der Waals surface area contributed by atoms with Crippen molar-refractivity contribution in [1.29, 1.82) is 0 Å². The molecule has 1 N–H and O–H groups in total. The Morgan fingerprint density at radius 1 is 1.40 bits per heavy atom. The van der Waals surface area contributed by atoms with Gasteiger partial charge in [-0.2, -0.15) is 0 Å². The average molecular weight is 210 g/mol. The summed E-state index contributed by atoms with van der Waals surface area (Å²) in [5.41, 5.74) is 0. The van der Waals surface area contributed by atoms with E-state index in [0.29, 0.717) is 0 Å². The van der Waals surface area contributed by atoms with Gasteiger partial charge in [0.2, 0.25) is 0 Å². The second-order valence-corrected chi connectivity index (χ2v) is 2.86. The van der Waals surface area contributed by atoms with Crippen LogP contribution in [0, 0.1) is 0 Å². The lowest BCUT2D eigenvalue weighted by Crippen LogP contribution is -2.27. The zero-order chi connectivity index (χ0) is 6.69. The highest BCUT2D eigenvalue weighted by Crippen LogP contribution is 2.06. The van der Waals surface area contributed by atoms with Crippen LogP contribution in [0.2, 0.25) is 0 Å². The lowest BCUT2D eigenvalue weighted by Gasteiger charge is -2.15. The number of rotatable bonds is 2. The summed E-state index contributed by atoms with van der Waals surface area (Å²) in [6, 6.07) is 0. The molecule has 1 fully saturated rings. The molecule has 0 amide bonds. The van der Waals surface area contributed by atoms with Crippen molar-refractivity contribution in [3.05, 3.63) is 0 Å². The number of aliphatic hydroxyl groups excluding tert-OH is 1. The molecule has 2 nitrogen and oxygen atoms in total. The predicted molar refractivity (Wildman–Crippen MR) is 47.7 cm³/mol. The molecule has 0 bridgehead atoms. The average Bonchev–Trinajstić information content (AvgIpc) is 2.15. The van der Waals surface area contributed by atoms with Crippen LogP contribution in [-0.2, 0) is 0 Å². The Hall–Kier alpha value is 0.400. The van der Waals surface area contributed by atoms with Crippen molar-refractivity contribution >= 4 is 17.0 Å². The van der Waals surface area contributed by atoms with Crippen LogP contribution in [-0.4, -0.2) is 35.7 Å². The first-order valence-electron chi connectivity index (χ1n) is 3.69. The number of likely N-dealkylation sites (tertiary alicyclic amines) is 1. The van der Waals surface area contributed by atoms with Gasteiger partial charge in [-0.05, 0) is 32.9 Å². The molecule has 0 aliphatic carbocycles. The quantitative estimate of drug-likeness (QED) is 0.736. The van der Waals surface area contributed by atoms with E-state index in [2.05, 4.69) is 4.90 Å². The van der Waals surface area contributed by atoms with Gasteiger partial charge in [0, 0.05) is 6.54 Å². The van der Waals surface area contributed by atoms with Crippen LogP contribution in [0.25, 0.3) is 0 Å². The van der Waals surface area contributed by atoms with Crippen molar-refractivity contribution in [2.45, 2.75) is 25.9 Å². The third kappa shape index (κ3) is 3.54. The highest BCUT2D eigenvalue weighted by Gasteiger charge is 2.12. The summed E-state index contributed by atoms with van der Waals surface area (Å²) in [6.07, 6.45) is 2.47. The van der Waals surface area contributed by atoms with E-state index >= 15 is 0 Å². The van der Waals surface area contributed by atoms with Gasteiger partial charge in [-0.15, -0.1) is 17.0 Å². The van der Waals surface area contributed by atoms with Crippen molar-refractivity contribution in [3.8, 4) is 0 Å². The molecule has 3 heteroatoms. The molecule has 1 rings (SSSR count). The van der Waals surface area contributed by atoms with Crippen LogP contribution in [0.5, 0.6) is 0 Å². The molecule has 0 aromatic carbocycles. The first-order chi connectivity index (χ1) is 4.29. The van der Waals surface area contributed by atoms with E-state index in [-0.39, 0.29) is 23.1 Å². The zero-order valence-corrected chi connectivity index (χ0v) is 8.13. The van der Waals surface area contributed by atoms with E-state index in [9.17, 15) is 0 Å². The molecule has 0 aromatic rings. The lowest BCUT2D eigenvalue weighted by molar-refractivity contribution is 0.141. The van der Waals surface area contributed by atoms with Gasteiger partial charge in [0.1, 0.15) is 0 Å². The molecule has 1 atom stereocenters. The van der Waals surface area contributed by atoms with Gasteiger partial charge in [0.25, 0.3) is 0 Å². The Morgan fingerprint density at radius 3 is 2.30 bits per heavy atom. The molecule has 0 spiro atoms. The van der Waals surface area contributed by atoms with Crippen LogP contribution in [0.15, 0.2) is 0 Å². The summed E-state index contributed by atoms with van der Waals surface area (Å²) >= 11 is 0. The fourth-order valence-electron chi connectivity index (χ4n) is 1.34. The molecule has 10 heavy (non-hydrogen) atoms. The third-order valence-corrected chi connectivity index (χ3v) is 1.72. The largest absolute Gasteiger partial charge is 0.392 e.